The van der Waals surface area contributed by atoms with Crippen molar-refractivity contribution in [3.05, 3.63) is 29.6 Å². The maximum absolute atomic E-state index is 13.3. The molecule has 4 N–H and O–H groups in total. The number of hydrogen-bond donors (Lipinski definition) is 3. The summed E-state index contributed by atoms with van der Waals surface area (Å²) in [7, 11) is 1.39. The maximum atomic E-state index is 13.3. The molecular weight excluding hydrogens is 339 g/mol. The highest BCUT2D eigenvalue weighted by atomic mass is 35.5. The van der Waals surface area contributed by atoms with Crippen molar-refractivity contribution < 1.29 is 27.5 Å². The van der Waals surface area contributed by atoms with E-state index in [4.69, 9.17) is 10.5 Å². The van der Waals surface area contributed by atoms with E-state index in [1.165, 1.54) is 7.11 Å². The molecule has 0 saturated heterocycles. The van der Waals surface area contributed by atoms with Crippen LogP contribution < -0.4 is 16.4 Å². The molecule has 0 aromatic heterocycles. The van der Waals surface area contributed by atoms with Gasteiger partial charge in [0.1, 0.15) is 0 Å². The Kier molecular flexibility index (Phi) is 9.23. The largest absolute Gasteiger partial charge is 0.380 e. The number of ether oxygens (including phenoxy) is 1. The molecule has 0 heterocycles. The van der Waals surface area contributed by atoms with E-state index in [2.05, 4.69) is 5.32 Å². The number of carbonyl (C=O) groups excluding carboxylic acids is 2. The summed E-state index contributed by atoms with van der Waals surface area (Å²) in [6, 6.07) is 1.56. The number of anilines is 1. The van der Waals surface area contributed by atoms with Crippen LogP contribution >= 0.6 is 12.4 Å². The Morgan fingerprint density at radius 1 is 1.22 bits per heavy atom. The number of carbonyl (C=O) groups is 2. The lowest BCUT2D eigenvalue weighted by Gasteiger charge is -2.12. The van der Waals surface area contributed by atoms with Gasteiger partial charge in [0.15, 0.2) is 17.5 Å². The maximum Gasteiger partial charge on any atom is 0.243 e. The van der Waals surface area contributed by atoms with E-state index >= 15 is 0 Å². The average molecular weight is 356 g/mol. The van der Waals surface area contributed by atoms with E-state index in [1.54, 1.807) is 0 Å². The molecule has 0 aliphatic carbocycles. The van der Waals surface area contributed by atoms with Crippen LogP contribution in [0.3, 0.4) is 0 Å². The van der Waals surface area contributed by atoms with E-state index in [-0.39, 0.29) is 25.4 Å². The second-order valence-electron chi connectivity index (χ2n) is 4.35. The monoisotopic (exact) mass is 355 g/mol. The summed E-state index contributed by atoms with van der Waals surface area (Å²) >= 11 is 0. The summed E-state index contributed by atoms with van der Waals surface area (Å²) in [6.45, 7) is -0.325. The molecule has 1 rings (SSSR count). The first-order valence-corrected chi connectivity index (χ1v) is 6.32. The number of methoxy groups -OCH3 is 1. The fourth-order valence-electron chi connectivity index (χ4n) is 1.54. The third kappa shape index (κ3) is 6.43. The van der Waals surface area contributed by atoms with Crippen molar-refractivity contribution >= 4 is 29.9 Å². The average Bonchev–Trinajstić information content (AvgIpc) is 2.51. The minimum absolute atomic E-state index is 0. The number of halogens is 4. The van der Waals surface area contributed by atoms with Crippen molar-refractivity contribution in [3.63, 3.8) is 0 Å². The summed E-state index contributed by atoms with van der Waals surface area (Å²) in [5.74, 6) is -5.84. The molecule has 0 bridgehead atoms. The molecule has 0 aliphatic rings. The van der Waals surface area contributed by atoms with Gasteiger partial charge in [-0.2, -0.15) is 0 Å². The molecule has 130 valence electrons. The van der Waals surface area contributed by atoms with Crippen LogP contribution in [0.5, 0.6) is 0 Å². The Balaban J connectivity index is 0.00000484. The second kappa shape index (κ2) is 10.0. The first-order chi connectivity index (χ1) is 10.4. The number of amides is 2. The van der Waals surface area contributed by atoms with Crippen molar-refractivity contribution in [1.82, 2.24) is 5.32 Å². The SMILES string of the molecule is COC(CN)CC(=O)NCC(=O)Nc1ccc(F)c(F)c1F.Cl. The van der Waals surface area contributed by atoms with Crippen LogP contribution in [0.2, 0.25) is 0 Å². The lowest BCUT2D eigenvalue weighted by atomic mass is 10.2. The lowest BCUT2D eigenvalue weighted by molar-refractivity contribution is -0.125. The molecule has 1 aromatic rings. The molecule has 1 aromatic carbocycles. The molecule has 0 radical (unpaired) electrons. The van der Waals surface area contributed by atoms with Crippen molar-refractivity contribution in [1.29, 1.82) is 0 Å². The van der Waals surface area contributed by atoms with Gasteiger partial charge in [0, 0.05) is 13.7 Å². The number of hydrogen-bond acceptors (Lipinski definition) is 4. The summed E-state index contributed by atoms with van der Waals surface area (Å²) in [6.07, 6.45) is -0.522. The molecule has 0 fully saturated rings. The second-order valence-corrected chi connectivity index (χ2v) is 4.35. The van der Waals surface area contributed by atoms with Gasteiger partial charge in [-0.1, -0.05) is 0 Å². The topological polar surface area (TPSA) is 93.4 Å². The van der Waals surface area contributed by atoms with Gasteiger partial charge in [-0.3, -0.25) is 9.59 Å². The van der Waals surface area contributed by atoms with Gasteiger partial charge in [0.05, 0.1) is 24.8 Å². The lowest BCUT2D eigenvalue weighted by Crippen LogP contribution is -2.36. The molecule has 6 nitrogen and oxygen atoms in total. The van der Waals surface area contributed by atoms with Gasteiger partial charge in [-0.05, 0) is 12.1 Å². The van der Waals surface area contributed by atoms with E-state index in [1.807, 2.05) is 5.32 Å². The van der Waals surface area contributed by atoms with Crippen LogP contribution in [0.4, 0.5) is 18.9 Å². The van der Waals surface area contributed by atoms with Crippen molar-refractivity contribution in [2.24, 2.45) is 5.73 Å². The minimum Gasteiger partial charge on any atom is -0.380 e. The summed E-state index contributed by atoms with van der Waals surface area (Å²) < 4.78 is 44.0. The van der Waals surface area contributed by atoms with E-state index < -0.39 is 47.6 Å². The summed E-state index contributed by atoms with van der Waals surface area (Å²) in [4.78, 5) is 23.0. The highest BCUT2D eigenvalue weighted by molar-refractivity contribution is 5.94. The van der Waals surface area contributed by atoms with Crippen LogP contribution in [0.1, 0.15) is 6.42 Å². The first-order valence-electron chi connectivity index (χ1n) is 6.32. The fourth-order valence-corrected chi connectivity index (χ4v) is 1.54. The zero-order valence-corrected chi connectivity index (χ0v) is 13.0. The van der Waals surface area contributed by atoms with Gasteiger partial charge in [-0.15, -0.1) is 12.4 Å². The summed E-state index contributed by atoms with van der Waals surface area (Å²) in [5.41, 5.74) is 4.82. The predicted octanol–water partition coefficient (Wildman–Crippen LogP) is 0.944. The number of nitrogens with two attached hydrogens (primary N) is 1. The van der Waals surface area contributed by atoms with Gasteiger partial charge in [0.25, 0.3) is 0 Å². The number of benzene rings is 1. The normalized spacial score (nSPS) is 11.3. The first kappa shape index (κ1) is 21.2. The molecule has 23 heavy (non-hydrogen) atoms. The van der Waals surface area contributed by atoms with E-state index in [0.29, 0.717) is 6.07 Å². The van der Waals surface area contributed by atoms with Gasteiger partial charge in [0.2, 0.25) is 11.8 Å². The van der Waals surface area contributed by atoms with Gasteiger partial charge >= 0.3 is 0 Å². The van der Waals surface area contributed by atoms with Gasteiger partial charge < -0.3 is 21.1 Å². The Hall–Kier alpha value is -1.84. The van der Waals surface area contributed by atoms with Crippen LogP contribution in [0.25, 0.3) is 0 Å². The number of rotatable bonds is 7. The highest BCUT2D eigenvalue weighted by Crippen LogP contribution is 2.19. The highest BCUT2D eigenvalue weighted by Gasteiger charge is 2.16. The minimum atomic E-state index is -1.69. The number of nitrogens with one attached hydrogen (secondary N) is 2. The predicted molar refractivity (Wildman–Crippen MR) is 79.7 cm³/mol. The molecule has 10 heteroatoms. The third-order valence-corrected chi connectivity index (χ3v) is 2.76. The Labute approximate surface area is 137 Å². The molecule has 2 amide bonds. The van der Waals surface area contributed by atoms with Crippen LogP contribution in [0, 0.1) is 17.5 Å². The smallest absolute Gasteiger partial charge is 0.243 e. The van der Waals surface area contributed by atoms with Gasteiger partial charge in [-0.25, -0.2) is 13.2 Å². The standard InChI is InChI=1S/C13H16F3N3O3.ClH/c1-22-7(5-17)4-10(20)18-6-11(21)19-9-3-2-8(14)12(15)13(9)16;/h2-3,7H,4-6,17H2,1H3,(H,18,20)(H,19,21);1H. The zero-order valence-electron chi connectivity index (χ0n) is 12.2. The van der Waals surface area contributed by atoms with Crippen molar-refractivity contribution in [2.45, 2.75) is 12.5 Å². The third-order valence-electron chi connectivity index (χ3n) is 2.76. The van der Waals surface area contributed by atoms with Crippen molar-refractivity contribution in [3.8, 4) is 0 Å². The molecule has 0 saturated carbocycles. The van der Waals surface area contributed by atoms with Crippen molar-refractivity contribution in [2.75, 3.05) is 25.5 Å². The zero-order chi connectivity index (χ0) is 16.7. The molecule has 1 atom stereocenters. The quantitative estimate of drug-likeness (QED) is 0.635. The molecule has 0 aliphatic heterocycles. The molecule has 1 unspecified atom stereocenters. The molecular formula is C13H17ClF3N3O3. The Morgan fingerprint density at radius 3 is 2.43 bits per heavy atom. The van der Waals surface area contributed by atoms with Crippen LogP contribution in [-0.4, -0.2) is 38.1 Å². The Morgan fingerprint density at radius 2 is 1.87 bits per heavy atom. The van der Waals surface area contributed by atoms with E-state index in [0.717, 1.165) is 6.07 Å². The summed E-state index contributed by atoms with van der Waals surface area (Å²) in [5, 5.41) is 4.29. The Bertz CT molecular complexity index is 557. The van der Waals surface area contributed by atoms with Crippen LogP contribution in [0.15, 0.2) is 12.1 Å². The fraction of sp³-hybridized carbons (Fsp3) is 0.385. The molecule has 0 spiro atoms. The van der Waals surface area contributed by atoms with Crippen LogP contribution in [-0.2, 0) is 14.3 Å². The van der Waals surface area contributed by atoms with E-state index in [9.17, 15) is 22.8 Å².